The maximum atomic E-state index is 5.70. The van der Waals surface area contributed by atoms with Crippen molar-refractivity contribution in [2.24, 2.45) is 5.92 Å². The van der Waals surface area contributed by atoms with Gasteiger partial charge in [0.25, 0.3) is 0 Å². The second-order valence-corrected chi connectivity index (χ2v) is 6.17. The van der Waals surface area contributed by atoms with Gasteiger partial charge >= 0.3 is 0 Å². The molecular formula is C17H22ClN. The average Bonchev–Trinajstić information content (AvgIpc) is 2.46. The van der Waals surface area contributed by atoms with Crippen molar-refractivity contribution in [1.82, 2.24) is 4.90 Å². The van der Waals surface area contributed by atoms with Crippen LogP contribution in [0.4, 0.5) is 0 Å². The monoisotopic (exact) mass is 275 g/mol. The van der Waals surface area contributed by atoms with Gasteiger partial charge in [0.2, 0.25) is 0 Å². The molecule has 0 saturated carbocycles. The highest BCUT2D eigenvalue weighted by Crippen LogP contribution is 2.42. The molecule has 3 atom stereocenters. The minimum Gasteiger partial charge on any atom is -0.296 e. The summed E-state index contributed by atoms with van der Waals surface area (Å²) in [6, 6.07) is 9.70. The zero-order valence-electron chi connectivity index (χ0n) is 11.6. The summed E-state index contributed by atoms with van der Waals surface area (Å²) in [5, 5.41) is 0. The third-order valence-electron chi connectivity index (χ3n) is 4.99. The molecule has 1 aromatic rings. The summed E-state index contributed by atoms with van der Waals surface area (Å²) in [4.78, 5) is 2.62. The third kappa shape index (κ3) is 2.46. The van der Waals surface area contributed by atoms with Crippen LogP contribution in [0.2, 0.25) is 0 Å². The normalized spacial score (nSPS) is 31.2. The minimum absolute atomic E-state index is 0.692. The molecule has 1 fully saturated rings. The molecule has 0 amide bonds. The molecule has 102 valence electrons. The van der Waals surface area contributed by atoms with Crippen molar-refractivity contribution in [3.05, 3.63) is 47.0 Å². The maximum absolute atomic E-state index is 5.70. The van der Waals surface area contributed by atoms with Gasteiger partial charge in [-0.1, -0.05) is 48.9 Å². The second-order valence-electron chi connectivity index (χ2n) is 5.92. The lowest BCUT2D eigenvalue weighted by Crippen LogP contribution is -2.50. The molecule has 1 heterocycles. The molecule has 1 aliphatic carbocycles. The van der Waals surface area contributed by atoms with Gasteiger partial charge in [-0.2, -0.15) is 0 Å². The van der Waals surface area contributed by atoms with Crippen LogP contribution in [0.1, 0.15) is 36.8 Å². The largest absolute Gasteiger partial charge is 0.296 e. The highest BCUT2D eigenvalue weighted by Gasteiger charge is 2.38. The molecule has 0 bridgehead atoms. The standard InChI is InChI=1S/C17H22ClN/c1-13-15-7-3-2-6-14(15)12-17-16(13)8-4-10-19(17)11-5-9-18/h2-3,5-7,9,13,16-17H,4,8,10-12H2,1H3/b9-5+/t13-,16?,17?/m1/s1. The van der Waals surface area contributed by atoms with Crippen LogP contribution in [0.25, 0.3) is 0 Å². The van der Waals surface area contributed by atoms with Crippen LogP contribution >= 0.6 is 11.6 Å². The van der Waals surface area contributed by atoms with Gasteiger partial charge in [0.15, 0.2) is 0 Å². The van der Waals surface area contributed by atoms with Gasteiger partial charge in [-0.25, -0.2) is 0 Å². The molecule has 19 heavy (non-hydrogen) atoms. The first-order valence-electron chi connectivity index (χ1n) is 7.38. The van der Waals surface area contributed by atoms with E-state index in [1.807, 2.05) is 0 Å². The van der Waals surface area contributed by atoms with E-state index in [0.717, 1.165) is 12.5 Å². The van der Waals surface area contributed by atoms with Crippen LogP contribution in [-0.2, 0) is 6.42 Å². The van der Waals surface area contributed by atoms with E-state index in [1.54, 1.807) is 16.7 Å². The summed E-state index contributed by atoms with van der Waals surface area (Å²) in [5.74, 6) is 1.50. The molecule has 1 aromatic carbocycles. The molecule has 0 radical (unpaired) electrons. The second kappa shape index (κ2) is 5.68. The smallest absolute Gasteiger partial charge is 0.0177 e. The van der Waals surface area contributed by atoms with Gasteiger partial charge in [0, 0.05) is 18.1 Å². The van der Waals surface area contributed by atoms with Gasteiger partial charge in [-0.05, 0) is 48.8 Å². The summed E-state index contributed by atoms with van der Waals surface area (Å²) in [6.45, 7) is 4.63. The zero-order valence-corrected chi connectivity index (χ0v) is 12.3. The lowest BCUT2D eigenvalue weighted by molar-refractivity contribution is 0.0830. The molecule has 1 saturated heterocycles. The average molecular weight is 276 g/mol. The molecule has 2 aliphatic rings. The molecular weight excluding hydrogens is 254 g/mol. The van der Waals surface area contributed by atoms with Crippen LogP contribution in [0.5, 0.6) is 0 Å². The highest BCUT2D eigenvalue weighted by molar-refractivity contribution is 6.25. The first-order valence-corrected chi connectivity index (χ1v) is 7.82. The summed E-state index contributed by atoms with van der Waals surface area (Å²) in [5.41, 5.74) is 4.79. The van der Waals surface area contributed by atoms with E-state index in [2.05, 4.69) is 42.2 Å². The lowest BCUT2D eigenvalue weighted by Gasteiger charge is -2.47. The predicted molar refractivity (Wildman–Crippen MR) is 81.6 cm³/mol. The van der Waals surface area contributed by atoms with Crippen LogP contribution in [0.3, 0.4) is 0 Å². The fraction of sp³-hybridized carbons (Fsp3) is 0.529. The topological polar surface area (TPSA) is 3.24 Å². The van der Waals surface area contributed by atoms with Crippen molar-refractivity contribution >= 4 is 11.6 Å². The number of piperidine rings is 1. The van der Waals surface area contributed by atoms with Gasteiger partial charge in [-0.3, -0.25) is 4.90 Å². The fourth-order valence-electron chi connectivity index (χ4n) is 4.04. The maximum Gasteiger partial charge on any atom is 0.0177 e. The number of rotatable bonds is 2. The van der Waals surface area contributed by atoms with Crippen molar-refractivity contribution in [3.63, 3.8) is 0 Å². The summed E-state index contributed by atoms with van der Waals surface area (Å²) in [6.07, 6.45) is 5.99. The van der Waals surface area contributed by atoms with Gasteiger partial charge in [-0.15, -0.1) is 0 Å². The highest BCUT2D eigenvalue weighted by atomic mass is 35.5. The Labute approximate surface area is 121 Å². The summed E-state index contributed by atoms with van der Waals surface area (Å²) >= 11 is 5.70. The molecule has 2 unspecified atom stereocenters. The molecule has 3 rings (SSSR count). The lowest BCUT2D eigenvalue weighted by atomic mass is 9.69. The first-order chi connectivity index (χ1) is 9.31. The number of hydrogen-bond donors (Lipinski definition) is 0. The Balaban J connectivity index is 1.88. The SMILES string of the molecule is C[C@@H]1c2ccccc2CC2C1CCCN2C/C=C/Cl. The predicted octanol–water partition coefficient (Wildman–Crippen LogP) is 4.18. The number of likely N-dealkylation sites (tertiary alicyclic amines) is 1. The Kier molecular flexibility index (Phi) is 3.95. The Hall–Kier alpha value is -0.790. The van der Waals surface area contributed by atoms with Crippen molar-refractivity contribution in [2.75, 3.05) is 13.1 Å². The molecule has 0 aromatic heterocycles. The van der Waals surface area contributed by atoms with Crippen molar-refractivity contribution in [3.8, 4) is 0 Å². The Morgan fingerprint density at radius 1 is 1.37 bits per heavy atom. The van der Waals surface area contributed by atoms with Crippen molar-refractivity contribution < 1.29 is 0 Å². The van der Waals surface area contributed by atoms with Crippen molar-refractivity contribution in [1.29, 1.82) is 0 Å². The van der Waals surface area contributed by atoms with Crippen molar-refractivity contribution in [2.45, 2.75) is 38.1 Å². The van der Waals surface area contributed by atoms with E-state index in [-0.39, 0.29) is 0 Å². The van der Waals surface area contributed by atoms with E-state index in [9.17, 15) is 0 Å². The van der Waals surface area contributed by atoms with Gasteiger partial charge in [0.05, 0.1) is 0 Å². The van der Waals surface area contributed by atoms with Gasteiger partial charge in [0.1, 0.15) is 0 Å². The fourth-order valence-corrected chi connectivity index (χ4v) is 4.12. The zero-order chi connectivity index (χ0) is 13.2. The molecule has 0 spiro atoms. The quantitative estimate of drug-likeness (QED) is 0.783. The summed E-state index contributed by atoms with van der Waals surface area (Å²) < 4.78 is 0. The molecule has 1 nitrogen and oxygen atoms in total. The van der Waals surface area contributed by atoms with Crippen LogP contribution in [-0.4, -0.2) is 24.0 Å². The van der Waals surface area contributed by atoms with E-state index < -0.39 is 0 Å². The van der Waals surface area contributed by atoms with Crippen LogP contribution in [0, 0.1) is 5.92 Å². The number of benzene rings is 1. The van der Waals surface area contributed by atoms with E-state index >= 15 is 0 Å². The Morgan fingerprint density at radius 2 is 2.21 bits per heavy atom. The van der Waals surface area contributed by atoms with E-state index in [4.69, 9.17) is 11.6 Å². The van der Waals surface area contributed by atoms with E-state index in [1.165, 1.54) is 25.8 Å². The first kappa shape index (κ1) is 13.2. The number of fused-ring (bicyclic) bond motifs is 2. The number of halogens is 1. The Bertz CT molecular complexity index is 468. The third-order valence-corrected chi connectivity index (χ3v) is 5.17. The minimum atomic E-state index is 0.692. The molecule has 0 N–H and O–H groups in total. The number of nitrogens with zero attached hydrogens (tertiary/aromatic N) is 1. The van der Waals surface area contributed by atoms with Crippen LogP contribution in [0.15, 0.2) is 35.9 Å². The van der Waals surface area contributed by atoms with Crippen LogP contribution < -0.4 is 0 Å². The molecule has 1 aliphatic heterocycles. The van der Waals surface area contributed by atoms with E-state index in [0.29, 0.717) is 12.0 Å². The number of hydrogen-bond acceptors (Lipinski definition) is 1. The summed E-state index contributed by atoms with van der Waals surface area (Å²) in [7, 11) is 0. The Morgan fingerprint density at radius 3 is 3.05 bits per heavy atom. The molecule has 2 heteroatoms. The van der Waals surface area contributed by atoms with Gasteiger partial charge < -0.3 is 0 Å².